The van der Waals surface area contributed by atoms with Crippen LogP contribution < -0.4 is 10.5 Å². The second-order valence-corrected chi connectivity index (χ2v) is 6.14. The zero-order chi connectivity index (χ0) is 15.6. The molecule has 1 aromatic rings. The van der Waals surface area contributed by atoms with E-state index in [2.05, 4.69) is 0 Å². The minimum absolute atomic E-state index is 0.162. The Morgan fingerprint density at radius 3 is 2.76 bits per heavy atom. The van der Waals surface area contributed by atoms with Gasteiger partial charge in [-0.25, -0.2) is 9.18 Å². The van der Waals surface area contributed by atoms with Crippen LogP contribution in [0.25, 0.3) is 0 Å². The Kier molecular flexibility index (Phi) is 4.25. The van der Waals surface area contributed by atoms with Gasteiger partial charge in [-0.3, -0.25) is 0 Å². The number of hydrogen-bond acceptors (Lipinski definition) is 4. The average Bonchev–Trinajstić information content (AvgIpc) is 2.79. The van der Waals surface area contributed by atoms with E-state index in [1.807, 2.05) is 20.8 Å². The van der Waals surface area contributed by atoms with Crippen molar-refractivity contribution in [2.24, 2.45) is 0 Å². The number of halogens is 1. The predicted molar refractivity (Wildman–Crippen MR) is 77.7 cm³/mol. The number of ether oxygens (including phenoxy) is 2. The van der Waals surface area contributed by atoms with Crippen molar-refractivity contribution in [1.82, 2.24) is 4.90 Å². The van der Waals surface area contributed by atoms with Crippen LogP contribution in [0.3, 0.4) is 0 Å². The first kappa shape index (κ1) is 15.4. The highest BCUT2D eigenvalue weighted by Gasteiger charge is 2.31. The van der Waals surface area contributed by atoms with Gasteiger partial charge in [0, 0.05) is 19.0 Å². The van der Waals surface area contributed by atoms with Crippen LogP contribution in [0.4, 0.5) is 14.9 Å². The molecule has 2 N–H and O–H groups in total. The molecule has 0 bridgehead atoms. The summed E-state index contributed by atoms with van der Waals surface area (Å²) in [5, 5.41) is 0. The van der Waals surface area contributed by atoms with Crippen molar-refractivity contribution < 1.29 is 18.7 Å². The van der Waals surface area contributed by atoms with Crippen LogP contribution in [0.15, 0.2) is 18.2 Å². The van der Waals surface area contributed by atoms with Gasteiger partial charge >= 0.3 is 6.09 Å². The third kappa shape index (κ3) is 4.24. The second-order valence-electron chi connectivity index (χ2n) is 6.14. The molecular formula is C15H21FN2O3. The van der Waals surface area contributed by atoms with Gasteiger partial charge in [0.05, 0.1) is 12.2 Å². The monoisotopic (exact) mass is 296 g/mol. The Balaban J connectivity index is 1.92. The van der Waals surface area contributed by atoms with Gasteiger partial charge in [-0.05, 0) is 32.9 Å². The summed E-state index contributed by atoms with van der Waals surface area (Å²) < 4.78 is 24.0. The first-order valence-electron chi connectivity index (χ1n) is 6.94. The first-order valence-corrected chi connectivity index (χ1v) is 6.94. The fraction of sp³-hybridized carbons (Fsp3) is 0.533. The van der Waals surface area contributed by atoms with Crippen molar-refractivity contribution in [1.29, 1.82) is 0 Å². The maximum atomic E-state index is 13.0. The molecule has 0 saturated carbocycles. The predicted octanol–water partition coefficient (Wildman–Crippen LogP) is 2.80. The number of hydrogen-bond donors (Lipinski definition) is 1. The van der Waals surface area contributed by atoms with Crippen molar-refractivity contribution >= 4 is 11.8 Å². The van der Waals surface area contributed by atoms with Crippen molar-refractivity contribution in [2.75, 3.05) is 18.8 Å². The summed E-state index contributed by atoms with van der Waals surface area (Å²) in [6.45, 7) is 6.49. The molecule has 0 aromatic heterocycles. The standard InChI is InChI=1S/C15H21FN2O3/c1-15(2,3)21-14(19)18-7-6-11(9-18)20-13-5-4-10(16)8-12(13)17/h4-5,8,11H,6-7,9,17H2,1-3H3/t11-/m0/s1. The third-order valence-corrected chi connectivity index (χ3v) is 3.06. The second kappa shape index (κ2) is 5.79. The largest absolute Gasteiger partial charge is 0.486 e. The summed E-state index contributed by atoms with van der Waals surface area (Å²) in [7, 11) is 0. The summed E-state index contributed by atoms with van der Waals surface area (Å²) in [5.41, 5.74) is 5.45. The van der Waals surface area contributed by atoms with Crippen molar-refractivity contribution in [3.63, 3.8) is 0 Å². The van der Waals surface area contributed by atoms with E-state index in [1.54, 1.807) is 4.90 Å². The zero-order valence-corrected chi connectivity index (χ0v) is 12.6. The summed E-state index contributed by atoms with van der Waals surface area (Å²) in [5.74, 6) is 0.0362. The van der Waals surface area contributed by atoms with Gasteiger partial charge in [0.1, 0.15) is 23.3 Å². The Morgan fingerprint density at radius 2 is 2.14 bits per heavy atom. The normalized spacial score (nSPS) is 18.7. The van der Waals surface area contributed by atoms with Crippen molar-refractivity contribution in [3.8, 4) is 5.75 Å². The number of nitrogens with two attached hydrogens (primary N) is 1. The van der Waals surface area contributed by atoms with Gasteiger partial charge in [0.15, 0.2) is 0 Å². The number of carbonyl (C=O) groups is 1. The van der Waals surface area contributed by atoms with Crippen LogP contribution in [-0.2, 0) is 4.74 Å². The van der Waals surface area contributed by atoms with E-state index in [0.717, 1.165) is 0 Å². The van der Waals surface area contributed by atoms with Crippen LogP contribution in [0.1, 0.15) is 27.2 Å². The van der Waals surface area contributed by atoms with Gasteiger partial charge in [-0.2, -0.15) is 0 Å². The minimum Gasteiger partial charge on any atom is -0.486 e. The van der Waals surface area contributed by atoms with Gasteiger partial charge in [-0.1, -0.05) is 0 Å². The van der Waals surface area contributed by atoms with Gasteiger partial charge in [0.2, 0.25) is 0 Å². The molecule has 1 aliphatic heterocycles. The van der Waals surface area contributed by atoms with E-state index in [4.69, 9.17) is 15.2 Å². The molecule has 1 saturated heterocycles. The van der Waals surface area contributed by atoms with E-state index < -0.39 is 11.4 Å². The molecule has 0 unspecified atom stereocenters. The number of benzene rings is 1. The molecule has 1 heterocycles. The topological polar surface area (TPSA) is 64.8 Å². The molecule has 116 valence electrons. The Bertz CT molecular complexity index is 528. The molecular weight excluding hydrogens is 275 g/mol. The van der Waals surface area contributed by atoms with Crippen LogP contribution >= 0.6 is 0 Å². The van der Waals surface area contributed by atoms with E-state index in [0.29, 0.717) is 25.3 Å². The van der Waals surface area contributed by atoms with Crippen LogP contribution in [0, 0.1) is 5.82 Å². The first-order chi connectivity index (χ1) is 9.74. The molecule has 0 radical (unpaired) electrons. The van der Waals surface area contributed by atoms with E-state index in [-0.39, 0.29) is 17.9 Å². The minimum atomic E-state index is -0.516. The number of amides is 1. The van der Waals surface area contributed by atoms with Gasteiger partial charge in [0.25, 0.3) is 0 Å². The maximum Gasteiger partial charge on any atom is 0.410 e. The number of rotatable bonds is 2. The summed E-state index contributed by atoms with van der Waals surface area (Å²) in [4.78, 5) is 13.6. The lowest BCUT2D eigenvalue weighted by Gasteiger charge is -2.24. The molecule has 6 heteroatoms. The Morgan fingerprint density at radius 1 is 1.43 bits per heavy atom. The van der Waals surface area contributed by atoms with Crippen LogP contribution in [0.2, 0.25) is 0 Å². The number of nitrogen functional groups attached to an aromatic ring is 1. The molecule has 1 amide bonds. The van der Waals surface area contributed by atoms with Crippen LogP contribution in [0.5, 0.6) is 5.75 Å². The van der Waals surface area contributed by atoms with Crippen LogP contribution in [-0.4, -0.2) is 35.8 Å². The van der Waals surface area contributed by atoms with Gasteiger partial charge < -0.3 is 20.1 Å². The highest BCUT2D eigenvalue weighted by Crippen LogP contribution is 2.26. The molecule has 1 atom stereocenters. The van der Waals surface area contributed by atoms with E-state index in [9.17, 15) is 9.18 Å². The lowest BCUT2D eigenvalue weighted by atomic mass is 10.2. The lowest BCUT2D eigenvalue weighted by Crippen LogP contribution is -2.36. The summed E-state index contributed by atoms with van der Waals surface area (Å²) in [6, 6.07) is 4.02. The molecule has 0 spiro atoms. The average molecular weight is 296 g/mol. The summed E-state index contributed by atoms with van der Waals surface area (Å²) >= 11 is 0. The van der Waals surface area contributed by atoms with Crippen molar-refractivity contribution in [2.45, 2.75) is 38.9 Å². The number of likely N-dealkylation sites (tertiary alicyclic amines) is 1. The fourth-order valence-corrected chi connectivity index (χ4v) is 2.12. The molecule has 1 aliphatic rings. The highest BCUT2D eigenvalue weighted by molar-refractivity contribution is 5.68. The molecule has 1 fully saturated rings. The fourth-order valence-electron chi connectivity index (χ4n) is 2.12. The van der Waals surface area contributed by atoms with Gasteiger partial charge in [-0.15, -0.1) is 0 Å². The smallest absolute Gasteiger partial charge is 0.410 e. The number of anilines is 1. The molecule has 2 rings (SSSR count). The maximum absolute atomic E-state index is 13.0. The Hall–Kier alpha value is -1.98. The molecule has 1 aromatic carbocycles. The zero-order valence-electron chi connectivity index (χ0n) is 12.6. The number of carbonyl (C=O) groups excluding carboxylic acids is 1. The molecule has 5 nitrogen and oxygen atoms in total. The third-order valence-electron chi connectivity index (χ3n) is 3.06. The molecule has 0 aliphatic carbocycles. The quantitative estimate of drug-likeness (QED) is 0.852. The lowest BCUT2D eigenvalue weighted by molar-refractivity contribution is 0.0276. The SMILES string of the molecule is CC(C)(C)OC(=O)N1CC[C@H](Oc2ccc(F)cc2N)C1. The van der Waals surface area contributed by atoms with Crippen molar-refractivity contribution in [3.05, 3.63) is 24.0 Å². The Labute approximate surface area is 123 Å². The highest BCUT2D eigenvalue weighted by atomic mass is 19.1. The molecule has 21 heavy (non-hydrogen) atoms. The summed E-state index contributed by atoms with van der Waals surface area (Å²) in [6.07, 6.45) is 0.182. The van der Waals surface area contributed by atoms with E-state index >= 15 is 0 Å². The number of nitrogens with zero attached hydrogens (tertiary/aromatic N) is 1. The van der Waals surface area contributed by atoms with E-state index in [1.165, 1.54) is 18.2 Å².